The van der Waals surface area contributed by atoms with Crippen molar-refractivity contribution in [3.05, 3.63) is 40.4 Å². The number of piperidine rings is 1. The first-order valence-electron chi connectivity index (χ1n) is 7.82. The van der Waals surface area contributed by atoms with Crippen LogP contribution in [-0.2, 0) is 20.6 Å². The molecule has 4 atom stereocenters. The lowest BCUT2D eigenvalue weighted by atomic mass is 9.70. The van der Waals surface area contributed by atoms with Gasteiger partial charge in [0.25, 0.3) is 0 Å². The zero-order chi connectivity index (χ0) is 19.0. The van der Waals surface area contributed by atoms with E-state index < -0.39 is 47.3 Å². The van der Waals surface area contributed by atoms with E-state index in [0.717, 1.165) is 17.0 Å². The summed E-state index contributed by atoms with van der Waals surface area (Å²) in [5.41, 5.74) is -1.11. The highest BCUT2D eigenvalue weighted by Crippen LogP contribution is 2.47. The van der Waals surface area contributed by atoms with Crippen LogP contribution in [0.25, 0.3) is 0 Å². The van der Waals surface area contributed by atoms with Gasteiger partial charge >= 0.3 is 6.18 Å². The van der Waals surface area contributed by atoms with Gasteiger partial charge < -0.3 is 4.90 Å². The maximum atomic E-state index is 13.2. The van der Waals surface area contributed by atoms with Gasteiger partial charge in [0.15, 0.2) is 0 Å². The van der Waals surface area contributed by atoms with Crippen LogP contribution in [0.4, 0.5) is 18.9 Å². The van der Waals surface area contributed by atoms with Crippen LogP contribution in [0.5, 0.6) is 0 Å². The number of alkyl halides is 3. The van der Waals surface area contributed by atoms with Crippen molar-refractivity contribution < 1.29 is 27.6 Å². The third kappa shape index (κ3) is 2.19. The van der Waals surface area contributed by atoms with Gasteiger partial charge in [0.2, 0.25) is 17.7 Å². The number of likely N-dealkylation sites (N-methyl/N-ethyl adjacent to an activating group) is 1. The molecule has 1 aliphatic carbocycles. The molecule has 2 bridgehead atoms. The molecule has 9 heteroatoms. The summed E-state index contributed by atoms with van der Waals surface area (Å²) in [6.45, 7) is 0. The molecule has 1 aromatic carbocycles. The van der Waals surface area contributed by atoms with Gasteiger partial charge in [-0.15, -0.1) is 0 Å². The van der Waals surface area contributed by atoms with Crippen molar-refractivity contribution in [2.45, 2.75) is 12.2 Å². The minimum atomic E-state index is -4.63. The first-order valence-corrected chi connectivity index (χ1v) is 8.62. The van der Waals surface area contributed by atoms with E-state index in [1.807, 2.05) is 0 Å². The number of nitrogens with zero attached hydrogens (tertiary/aromatic N) is 2. The average Bonchev–Trinajstić information content (AvgIpc) is 2.84. The zero-order valence-corrected chi connectivity index (χ0v) is 14.9. The third-order valence-electron chi connectivity index (χ3n) is 5.26. The fourth-order valence-electron chi connectivity index (χ4n) is 4.03. The minimum Gasteiger partial charge on any atom is -0.338 e. The number of carbonyl (C=O) groups excluding carboxylic acids is 3. The molecule has 5 nitrogen and oxygen atoms in total. The SMILES string of the molecule is CN1C(=O)[C@@H]2C=C[C@H]1[C@@H]1C(=O)N(c3ccc(Br)c(C(F)(F)F)c3)C(=O)[C@@H]12. The smallest absolute Gasteiger partial charge is 0.338 e. The van der Waals surface area contributed by atoms with Gasteiger partial charge in [0.05, 0.1) is 35.0 Å². The number of anilines is 1. The summed E-state index contributed by atoms with van der Waals surface area (Å²) in [6, 6.07) is 2.66. The summed E-state index contributed by atoms with van der Waals surface area (Å²) in [5, 5.41) is 0. The van der Waals surface area contributed by atoms with Gasteiger partial charge in [0.1, 0.15) is 0 Å². The molecule has 0 saturated carbocycles. The minimum absolute atomic E-state index is 0.139. The lowest BCUT2D eigenvalue weighted by Crippen LogP contribution is -2.57. The van der Waals surface area contributed by atoms with Crippen molar-refractivity contribution in [2.24, 2.45) is 17.8 Å². The molecule has 0 spiro atoms. The fraction of sp³-hybridized carbons (Fsp3) is 0.353. The number of imide groups is 1. The number of benzene rings is 1. The monoisotopic (exact) mass is 428 g/mol. The van der Waals surface area contributed by atoms with Gasteiger partial charge in [-0.05, 0) is 18.2 Å². The van der Waals surface area contributed by atoms with E-state index in [4.69, 9.17) is 0 Å². The number of hydrogen-bond donors (Lipinski definition) is 0. The quantitative estimate of drug-likeness (QED) is 0.510. The highest BCUT2D eigenvalue weighted by atomic mass is 79.9. The van der Waals surface area contributed by atoms with E-state index in [2.05, 4.69) is 15.9 Å². The zero-order valence-electron chi connectivity index (χ0n) is 13.3. The number of hydrogen-bond acceptors (Lipinski definition) is 3. The van der Waals surface area contributed by atoms with Crippen LogP contribution in [0, 0.1) is 17.8 Å². The molecule has 3 aliphatic heterocycles. The van der Waals surface area contributed by atoms with Crippen molar-refractivity contribution in [3.8, 4) is 0 Å². The summed E-state index contributed by atoms with van der Waals surface area (Å²) in [6.07, 6.45) is -1.31. The number of halogens is 4. The maximum absolute atomic E-state index is 13.2. The number of amides is 3. The van der Waals surface area contributed by atoms with E-state index in [1.165, 1.54) is 11.0 Å². The standard InChI is InChI=1S/C17H12BrF3N2O3/c1-22-11-5-3-8(14(22)24)12-13(11)16(26)23(15(12)25)7-2-4-10(18)9(6-7)17(19,20)21/h2-6,8,11-13H,1H3/t8-,11+,12-,13+/m1/s1. The largest absolute Gasteiger partial charge is 0.417 e. The molecule has 0 aromatic heterocycles. The Morgan fingerprint density at radius 3 is 2.31 bits per heavy atom. The normalized spacial score (nSPS) is 30.4. The second kappa shape index (κ2) is 5.42. The van der Waals surface area contributed by atoms with E-state index in [-0.39, 0.29) is 16.1 Å². The number of rotatable bonds is 1. The van der Waals surface area contributed by atoms with E-state index >= 15 is 0 Å². The molecule has 1 aromatic rings. The predicted octanol–water partition coefficient (Wildman–Crippen LogP) is 2.60. The van der Waals surface area contributed by atoms with Gasteiger partial charge in [-0.3, -0.25) is 14.4 Å². The number of fused-ring (bicyclic) bond motifs is 1. The van der Waals surface area contributed by atoms with Gasteiger partial charge in [-0.2, -0.15) is 13.2 Å². The van der Waals surface area contributed by atoms with Crippen LogP contribution >= 0.6 is 15.9 Å². The summed E-state index contributed by atoms with van der Waals surface area (Å²) < 4.78 is 39.3. The van der Waals surface area contributed by atoms with Crippen LogP contribution in [-0.4, -0.2) is 35.7 Å². The van der Waals surface area contributed by atoms with E-state index in [0.29, 0.717) is 0 Å². The summed E-state index contributed by atoms with van der Waals surface area (Å²) in [5.74, 6) is -3.84. The Hall–Kier alpha value is -2.16. The van der Waals surface area contributed by atoms with Crippen LogP contribution in [0.3, 0.4) is 0 Å². The molecule has 0 unspecified atom stereocenters. The van der Waals surface area contributed by atoms with Crippen molar-refractivity contribution in [1.82, 2.24) is 4.90 Å². The molecule has 0 radical (unpaired) electrons. The van der Waals surface area contributed by atoms with E-state index in [1.54, 1.807) is 19.2 Å². The van der Waals surface area contributed by atoms with Crippen LogP contribution in [0.1, 0.15) is 5.56 Å². The Bertz CT molecular complexity index is 882. The summed E-state index contributed by atoms with van der Waals surface area (Å²) in [7, 11) is 1.56. The Balaban J connectivity index is 1.78. The number of carbonyl (C=O) groups is 3. The highest BCUT2D eigenvalue weighted by molar-refractivity contribution is 9.10. The second-order valence-corrected chi connectivity index (χ2v) is 7.43. The lowest BCUT2D eigenvalue weighted by molar-refractivity contribution is -0.148. The Kier molecular flexibility index (Phi) is 3.60. The molecule has 3 amide bonds. The molecular formula is C17H12BrF3N2O3. The average molecular weight is 429 g/mol. The molecule has 5 rings (SSSR count). The topological polar surface area (TPSA) is 57.7 Å². The van der Waals surface area contributed by atoms with Gasteiger partial charge in [-0.1, -0.05) is 28.1 Å². The van der Waals surface area contributed by atoms with Crippen LogP contribution < -0.4 is 4.90 Å². The van der Waals surface area contributed by atoms with Crippen molar-refractivity contribution in [3.63, 3.8) is 0 Å². The molecule has 4 aliphatic rings. The van der Waals surface area contributed by atoms with Crippen molar-refractivity contribution in [1.29, 1.82) is 0 Å². The molecule has 26 heavy (non-hydrogen) atoms. The van der Waals surface area contributed by atoms with E-state index in [9.17, 15) is 27.6 Å². The highest BCUT2D eigenvalue weighted by Gasteiger charge is 2.61. The van der Waals surface area contributed by atoms with Crippen LogP contribution in [0.2, 0.25) is 0 Å². The Labute approximate surface area is 154 Å². The predicted molar refractivity (Wildman–Crippen MR) is 87.8 cm³/mol. The lowest BCUT2D eigenvalue weighted by Gasteiger charge is -2.44. The van der Waals surface area contributed by atoms with Gasteiger partial charge in [-0.25, -0.2) is 4.90 Å². The molecule has 3 heterocycles. The summed E-state index contributed by atoms with van der Waals surface area (Å²) in [4.78, 5) is 40.2. The summed E-state index contributed by atoms with van der Waals surface area (Å²) >= 11 is 2.84. The van der Waals surface area contributed by atoms with Gasteiger partial charge in [0, 0.05) is 11.5 Å². The molecule has 136 valence electrons. The molecule has 2 fully saturated rings. The first-order chi connectivity index (χ1) is 12.1. The second-order valence-electron chi connectivity index (χ2n) is 6.58. The third-order valence-corrected chi connectivity index (χ3v) is 5.95. The molecular weight excluding hydrogens is 417 g/mol. The van der Waals surface area contributed by atoms with Crippen molar-refractivity contribution >= 4 is 39.3 Å². The maximum Gasteiger partial charge on any atom is 0.417 e. The molecule has 0 N–H and O–H groups in total. The Morgan fingerprint density at radius 2 is 1.65 bits per heavy atom. The molecule has 2 saturated heterocycles. The first kappa shape index (κ1) is 17.3. The van der Waals surface area contributed by atoms with Crippen molar-refractivity contribution in [2.75, 3.05) is 11.9 Å². The Morgan fingerprint density at radius 1 is 1.00 bits per heavy atom. The fourth-order valence-corrected chi connectivity index (χ4v) is 4.51. The van der Waals surface area contributed by atoms with Crippen LogP contribution in [0.15, 0.2) is 34.8 Å².